The molecule has 16 heavy (non-hydrogen) atoms. The van der Waals surface area contributed by atoms with E-state index in [4.69, 9.17) is 27.9 Å². The lowest BCUT2D eigenvalue weighted by Crippen LogP contribution is -2.51. The van der Waals surface area contributed by atoms with Crippen molar-refractivity contribution < 1.29 is 9.42 Å². The second-order valence-electron chi connectivity index (χ2n) is 3.84. The maximum Gasteiger partial charge on any atom is 0.324 e. The summed E-state index contributed by atoms with van der Waals surface area (Å²) in [7, 11) is 1.75. The van der Waals surface area contributed by atoms with E-state index in [1.807, 2.05) is 0 Å². The van der Waals surface area contributed by atoms with Crippen LogP contribution in [0, 0.1) is 0 Å². The molecule has 2 heterocycles. The van der Waals surface area contributed by atoms with Crippen molar-refractivity contribution in [3.63, 3.8) is 0 Å². The van der Waals surface area contributed by atoms with Crippen molar-refractivity contribution in [2.24, 2.45) is 7.05 Å². The fourth-order valence-corrected chi connectivity index (χ4v) is 2.24. The Balaban J connectivity index is 2.47. The van der Waals surface area contributed by atoms with Crippen LogP contribution < -0.4 is 10.2 Å². The Labute approximate surface area is 103 Å². The lowest BCUT2D eigenvalue weighted by atomic mass is 10.2. The highest BCUT2D eigenvalue weighted by atomic mass is 35.5. The maximum atomic E-state index is 12.0. The molecule has 0 radical (unpaired) electrons. The molecule has 88 valence electrons. The van der Waals surface area contributed by atoms with E-state index in [-0.39, 0.29) is 21.8 Å². The third kappa shape index (κ3) is 2.10. The zero-order valence-corrected chi connectivity index (χ0v) is 10.5. The van der Waals surface area contributed by atoms with Crippen LogP contribution in [0.5, 0.6) is 0 Å². The summed E-state index contributed by atoms with van der Waals surface area (Å²) in [5, 5.41) is 0.315. The zero-order chi connectivity index (χ0) is 11.7. The second kappa shape index (κ2) is 4.73. The predicted molar refractivity (Wildman–Crippen MR) is 60.7 cm³/mol. The van der Waals surface area contributed by atoms with Crippen LogP contribution in [0.2, 0.25) is 10.0 Å². The Morgan fingerprint density at radius 2 is 2.25 bits per heavy atom. The summed E-state index contributed by atoms with van der Waals surface area (Å²) in [6.07, 6.45) is 4.30. The molecule has 0 saturated carbocycles. The molecule has 6 heteroatoms. The van der Waals surface area contributed by atoms with Crippen LogP contribution in [-0.2, 0) is 11.8 Å². The number of aromatic nitrogens is 2. The zero-order valence-electron chi connectivity index (χ0n) is 8.95. The van der Waals surface area contributed by atoms with Crippen molar-refractivity contribution in [1.82, 2.24) is 4.68 Å². The number of ether oxygens (including phenoxy) is 1. The normalized spacial score (nSPS) is 21.1. The van der Waals surface area contributed by atoms with E-state index >= 15 is 0 Å². The molecule has 1 aromatic rings. The van der Waals surface area contributed by atoms with Crippen molar-refractivity contribution in [3.05, 3.63) is 26.6 Å². The van der Waals surface area contributed by atoms with Gasteiger partial charge in [-0.1, -0.05) is 27.9 Å². The first-order valence-corrected chi connectivity index (χ1v) is 5.95. The Morgan fingerprint density at radius 3 is 2.88 bits per heavy atom. The van der Waals surface area contributed by atoms with Crippen LogP contribution in [0.1, 0.15) is 25.5 Å². The average molecular weight is 264 g/mol. The maximum absolute atomic E-state index is 12.0. The van der Waals surface area contributed by atoms with Crippen molar-refractivity contribution in [3.8, 4) is 0 Å². The molecular formula is C10H13Cl2N2O2+. The van der Waals surface area contributed by atoms with Crippen LogP contribution in [-0.4, -0.2) is 11.3 Å². The van der Waals surface area contributed by atoms with E-state index in [9.17, 15) is 4.79 Å². The summed E-state index contributed by atoms with van der Waals surface area (Å²) in [6, 6.07) is 0. The highest BCUT2D eigenvalue weighted by Gasteiger charge is 2.25. The number of hydrogen-bond acceptors (Lipinski definition) is 2. The monoisotopic (exact) mass is 263 g/mol. The average Bonchev–Trinajstić information content (AvgIpc) is 2.28. The summed E-state index contributed by atoms with van der Waals surface area (Å²) in [4.78, 5) is 12.0. The van der Waals surface area contributed by atoms with Crippen molar-refractivity contribution in [1.29, 1.82) is 0 Å². The quantitative estimate of drug-likeness (QED) is 0.723. The molecule has 1 fully saturated rings. The van der Waals surface area contributed by atoms with Gasteiger partial charge in [-0.3, -0.25) is 4.79 Å². The molecule has 1 unspecified atom stereocenters. The van der Waals surface area contributed by atoms with Gasteiger partial charge in [-0.05, 0) is 19.3 Å². The molecule has 0 aliphatic carbocycles. The van der Waals surface area contributed by atoms with Gasteiger partial charge in [0, 0.05) is 6.61 Å². The first-order valence-electron chi connectivity index (χ1n) is 5.19. The van der Waals surface area contributed by atoms with Gasteiger partial charge < -0.3 is 4.74 Å². The molecule has 1 aromatic heterocycles. The topological polar surface area (TPSA) is 35.1 Å². The molecule has 4 nitrogen and oxygen atoms in total. The van der Waals surface area contributed by atoms with Gasteiger partial charge in [0.2, 0.25) is 6.20 Å². The molecule has 1 aliphatic heterocycles. The molecule has 0 N–H and O–H groups in total. The second-order valence-corrected chi connectivity index (χ2v) is 4.62. The van der Waals surface area contributed by atoms with Gasteiger partial charge in [-0.15, -0.1) is 4.68 Å². The van der Waals surface area contributed by atoms with Crippen LogP contribution in [0.4, 0.5) is 0 Å². The van der Waals surface area contributed by atoms with Crippen LogP contribution in [0.3, 0.4) is 0 Å². The number of rotatable bonds is 1. The van der Waals surface area contributed by atoms with Crippen molar-refractivity contribution in [2.45, 2.75) is 25.5 Å². The van der Waals surface area contributed by atoms with Crippen LogP contribution in [0.25, 0.3) is 0 Å². The molecule has 0 amide bonds. The van der Waals surface area contributed by atoms with Crippen molar-refractivity contribution in [2.75, 3.05) is 6.61 Å². The Morgan fingerprint density at radius 1 is 1.50 bits per heavy atom. The molecule has 0 spiro atoms. The summed E-state index contributed by atoms with van der Waals surface area (Å²) in [6.45, 7) is 0.678. The van der Waals surface area contributed by atoms with E-state index in [0.29, 0.717) is 6.61 Å². The number of halogens is 2. The lowest BCUT2D eigenvalue weighted by molar-refractivity contribution is -0.767. The van der Waals surface area contributed by atoms with E-state index < -0.39 is 0 Å². The van der Waals surface area contributed by atoms with Gasteiger partial charge in [0.25, 0.3) is 0 Å². The fourth-order valence-electron chi connectivity index (χ4n) is 1.88. The van der Waals surface area contributed by atoms with Crippen LogP contribution >= 0.6 is 23.2 Å². The predicted octanol–water partition coefficient (Wildman–Crippen LogP) is 1.68. The molecule has 0 bridgehead atoms. The molecule has 2 rings (SSSR count). The SMILES string of the molecule is C[n+]1cc(Cl)c(Cl)c(=O)n1C1CCCCO1. The summed E-state index contributed by atoms with van der Waals surface area (Å²) >= 11 is 11.7. The molecule has 1 aliphatic rings. The number of nitrogens with zero attached hydrogens (tertiary/aromatic N) is 2. The fraction of sp³-hybridized carbons (Fsp3) is 0.600. The van der Waals surface area contributed by atoms with Gasteiger partial charge >= 0.3 is 5.56 Å². The summed E-state index contributed by atoms with van der Waals surface area (Å²) < 4.78 is 8.70. The minimum Gasteiger partial charge on any atom is -0.352 e. The Kier molecular flexibility index (Phi) is 3.52. The highest BCUT2D eigenvalue weighted by Crippen LogP contribution is 2.21. The minimum atomic E-state index is -0.302. The van der Waals surface area contributed by atoms with E-state index in [0.717, 1.165) is 19.3 Å². The minimum absolute atomic E-state index is 0.0499. The van der Waals surface area contributed by atoms with Crippen LogP contribution in [0.15, 0.2) is 11.0 Å². The number of aryl methyl sites for hydroxylation is 1. The van der Waals surface area contributed by atoms with E-state index in [1.54, 1.807) is 17.9 Å². The third-order valence-electron chi connectivity index (χ3n) is 2.67. The van der Waals surface area contributed by atoms with Gasteiger partial charge in [-0.2, -0.15) is 0 Å². The lowest BCUT2D eigenvalue weighted by Gasteiger charge is -2.21. The standard InChI is InChI=1S/C10H13Cl2N2O2/c1-13-6-7(11)9(12)10(15)14(13)8-4-2-3-5-16-8/h6,8H,2-5H2,1H3/q+1. The molecular weight excluding hydrogens is 251 g/mol. The first-order chi connectivity index (χ1) is 7.61. The smallest absolute Gasteiger partial charge is 0.324 e. The van der Waals surface area contributed by atoms with E-state index in [1.165, 1.54) is 4.68 Å². The van der Waals surface area contributed by atoms with Crippen molar-refractivity contribution >= 4 is 23.2 Å². The van der Waals surface area contributed by atoms with Gasteiger partial charge in [0.1, 0.15) is 10.0 Å². The first kappa shape index (κ1) is 11.9. The molecule has 0 aromatic carbocycles. The Hall–Kier alpha value is -0.580. The van der Waals surface area contributed by atoms with Gasteiger partial charge in [0.15, 0.2) is 13.3 Å². The summed E-state index contributed by atoms with van der Waals surface area (Å²) in [5.74, 6) is 0. The van der Waals surface area contributed by atoms with E-state index in [2.05, 4.69) is 0 Å². The van der Waals surface area contributed by atoms with Gasteiger partial charge in [0.05, 0.1) is 0 Å². The van der Waals surface area contributed by atoms with Gasteiger partial charge in [-0.25, -0.2) is 0 Å². The molecule has 1 saturated heterocycles. The summed E-state index contributed by atoms with van der Waals surface area (Å²) in [5.41, 5.74) is -0.302. The highest BCUT2D eigenvalue weighted by molar-refractivity contribution is 6.41. The Bertz CT molecular complexity index is 453. The molecule has 1 atom stereocenters. The largest absolute Gasteiger partial charge is 0.352 e. The number of hydrogen-bond donors (Lipinski definition) is 0. The third-order valence-corrected chi connectivity index (χ3v) is 3.42.